The fourth-order valence-electron chi connectivity index (χ4n) is 1.79. The summed E-state index contributed by atoms with van der Waals surface area (Å²) in [6.45, 7) is 0.105. The van der Waals surface area contributed by atoms with Gasteiger partial charge < -0.3 is 20.1 Å². The summed E-state index contributed by atoms with van der Waals surface area (Å²) in [4.78, 5) is 35.3. The Morgan fingerprint density at radius 3 is 2.79 bits per heavy atom. The lowest BCUT2D eigenvalue weighted by Crippen LogP contribution is -2.55. The second-order valence-electron chi connectivity index (χ2n) is 4.17. The zero-order chi connectivity index (χ0) is 14.0. The SMILES string of the molecule is O=C(NC1(C(=O)O)CCOC1)c1cc([N+](=O)[O-])c[nH]1. The van der Waals surface area contributed by atoms with Gasteiger partial charge in [0.05, 0.1) is 17.7 Å². The lowest BCUT2D eigenvalue weighted by Gasteiger charge is -2.23. The summed E-state index contributed by atoms with van der Waals surface area (Å²) >= 11 is 0. The Bertz CT molecular complexity index is 531. The van der Waals surface area contributed by atoms with Gasteiger partial charge in [0, 0.05) is 19.1 Å². The van der Waals surface area contributed by atoms with Crippen LogP contribution in [0.1, 0.15) is 16.9 Å². The first-order chi connectivity index (χ1) is 8.94. The molecule has 102 valence electrons. The number of hydrogen-bond acceptors (Lipinski definition) is 5. The van der Waals surface area contributed by atoms with Gasteiger partial charge in [-0.1, -0.05) is 0 Å². The summed E-state index contributed by atoms with van der Waals surface area (Å²) in [5, 5.41) is 22.0. The molecule has 1 fully saturated rings. The molecule has 1 aromatic heterocycles. The van der Waals surface area contributed by atoms with E-state index >= 15 is 0 Å². The van der Waals surface area contributed by atoms with Crippen LogP contribution in [-0.4, -0.2) is 45.6 Å². The molecule has 2 heterocycles. The molecule has 0 saturated carbocycles. The number of carboxylic acids is 1. The topological polar surface area (TPSA) is 135 Å². The minimum absolute atomic E-state index is 0.0702. The van der Waals surface area contributed by atoms with E-state index in [1.54, 1.807) is 0 Å². The van der Waals surface area contributed by atoms with E-state index in [0.29, 0.717) is 0 Å². The highest BCUT2D eigenvalue weighted by molar-refractivity contribution is 5.97. The Labute approximate surface area is 106 Å². The number of hydrogen-bond donors (Lipinski definition) is 3. The highest BCUT2D eigenvalue weighted by Crippen LogP contribution is 2.20. The van der Waals surface area contributed by atoms with Crippen LogP contribution in [0.15, 0.2) is 12.3 Å². The molecule has 1 atom stereocenters. The molecule has 0 radical (unpaired) electrons. The van der Waals surface area contributed by atoms with Gasteiger partial charge in [-0.15, -0.1) is 0 Å². The Balaban J connectivity index is 2.15. The van der Waals surface area contributed by atoms with E-state index in [1.807, 2.05) is 0 Å². The smallest absolute Gasteiger partial charge is 0.331 e. The number of rotatable bonds is 4. The average Bonchev–Trinajstić information content (AvgIpc) is 2.97. The number of nitrogens with zero attached hydrogens (tertiary/aromatic N) is 1. The molecule has 0 bridgehead atoms. The Morgan fingerprint density at radius 1 is 1.58 bits per heavy atom. The van der Waals surface area contributed by atoms with Crippen molar-refractivity contribution < 1.29 is 24.4 Å². The van der Waals surface area contributed by atoms with E-state index in [9.17, 15) is 19.7 Å². The average molecular weight is 269 g/mol. The molecule has 1 unspecified atom stereocenters. The van der Waals surface area contributed by atoms with E-state index in [1.165, 1.54) is 0 Å². The Kier molecular flexibility index (Phi) is 3.21. The van der Waals surface area contributed by atoms with Crippen molar-refractivity contribution in [2.24, 2.45) is 0 Å². The molecule has 9 heteroatoms. The van der Waals surface area contributed by atoms with E-state index in [2.05, 4.69) is 10.3 Å². The number of carbonyl (C=O) groups is 2. The third-order valence-electron chi connectivity index (χ3n) is 2.91. The fourth-order valence-corrected chi connectivity index (χ4v) is 1.79. The Morgan fingerprint density at radius 2 is 2.32 bits per heavy atom. The quantitative estimate of drug-likeness (QED) is 0.516. The molecule has 1 aliphatic heterocycles. The van der Waals surface area contributed by atoms with Gasteiger partial charge in [-0.2, -0.15) is 0 Å². The molecule has 1 saturated heterocycles. The molecule has 1 aliphatic rings. The molecule has 19 heavy (non-hydrogen) atoms. The van der Waals surface area contributed by atoms with Crippen LogP contribution in [0.25, 0.3) is 0 Å². The number of ether oxygens (including phenoxy) is 1. The van der Waals surface area contributed by atoms with Crippen LogP contribution >= 0.6 is 0 Å². The molecule has 2 rings (SSSR count). The molecular weight excluding hydrogens is 258 g/mol. The van der Waals surface area contributed by atoms with Crippen LogP contribution < -0.4 is 5.32 Å². The number of nitrogens with one attached hydrogen (secondary N) is 2. The minimum atomic E-state index is -1.48. The van der Waals surface area contributed by atoms with Gasteiger partial charge >= 0.3 is 5.97 Å². The molecule has 0 aliphatic carbocycles. The van der Waals surface area contributed by atoms with Crippen molar-refractivity contribution in [3.63, 3.8) is 0 Å². The Hall–Kier alpha value is -2.42. The predicted octanol–water partition coefficient (Wildman–Crippen LogP) is -0.104. The number of carboxylic acid groups (broad SMARTS) is 1. The number of aromatic nitrogens is 1. The fraction of sp³-hybridized carbons (Fsp3) is 0.400. The summed E-state index contributed by atoms with van der Waals surface area (Å²) in [6, 6.07) is 1.04. The van der Waals surface area contributed by atoms with Gasteiger partial charge in [0.1, 0.15) is 5.69 Å². The van der Waals surface area contributed by atoms with E-state index in [0.717, 1.165) is 12.3 Å². The molecular formula is C10H11N3O6. The minimum Gasteiger partial charge on any atom is -0.479 e. The maximum Gasteiger partial charge on any atom is 0.331 e. The van der Waals surface area contributed by atoms with Crippen molar-refractivity contribution in [1.29, 1.82) is 0 Å². The monoisotopic (exact) mass is 269 g/mol. The second-order valence-corrected chi connectivity index (χ2v) is 4.17. The highest BCUT2D eigenvalue weighted by atomic mass is 16.6. The highest BCUT2D eigenvalue weighted by Gasteiger charge is 2.44. The molecule has 3 N–H and O–H groups in total. The lowest BCUT2D eigenvalue weighted by atomic mass is 9.99. The number of aromatic amines is 1. The zero-order valence-corrected chi connectivity index (χ0v) is 9.71. The van der Waals surface area contributed by atoms with E-state index < -0.39 is 22.3 Å². The number of nitro groups is 1. The van der Waals surface area contributed by atoms with Gasteiger partial charge in [0.2, 0.25) is 0 Å². The van der Waals surface area contributed by atoms with E-state index in [-0.39, 0.29) is 31.0 Å². The molecule has 9 nitrogen and oxygen atoms in total. The zero-order valence-electron chi connectivity index (χ0n) is 9.71. The third kappa shape index (κ3) is 2.40. The van der Waals surface area contributed by atoms with Gasteiger partial charge in [-0.05, 0) is 0 Å². The van der Waals surface area contributed by atoms with Crippen molar-refractivity contribution in [2.45, 2.75) is 12.0 Å². The maximum absolute atomic E-state index is 11.9. The predicted molar refractivity (Wildman–Crippen MR) is 60.7 cm³/mol. The van der Waals surface area contributed by atoms with Crippen molar-refractivity contribution in [3.05, 3.63) is 28.1 Å². The first-order valence-corrected chi connectivity index (χ1v) is 5.41. The number of amides is 1. The van der Waals surface area contributed by atoms with Gasteiger partial charge in [-0.3, -0.25) is 14.9 Å². The standard InChI is InChI=1S/C10H11N3O6/c14-8(7-3-6(4-11-7)13(17)18)12-10(9(15)16)1-2-19-5-10/h3-4,11H,1-2,5H2,(H,12,14)(H,15,16). The third-order valence-corrected chi connectivity index (χ3v) is 2.91. The summed E-state index contributed by atoms with van der Waals surface area (Å²) < 4.78 is 4.99. The van der Waals surface area contributed by atoms with Crippen LogP contribution in [0.5, 0.6) is 0 Å². The second kappa shape index (κ2) is 4.69. The van der Waals surface area contributed by atoms with Crippen molar-refractivity contribution in [1.82, 2.24) is 10.3 Å². The first kappa shape index (κ1) is 13.0. The van der Waals surface area contributed by atoms with Gasteiger partial charge in [-0.25, -0.2) is 4.79 Å². The van der Waals surface area contributed by atoms with Crippen LogP contribution in [-0.2, 0) is 9.53 Å². The summed E-state index contributed by atoms with van der Waals surface area (Å²) in [5.41, 5.74) is -1.81. The first-order valence-electron chi connectivity index (χ1n) is 5.41. The molecule has 1 aromatic rings. The van der Waals surface area contributed by atoms with E-state index in [4.69, 9.17) is 9.84 Å². The molecule has 1 amide bonds. The maximum atomic E-state index is 11.9. The van der Waals surface area contributed by atoms with Crippen molar-refractivity contribution >= 4 is 17.6 Å². The van der Waals surface area contributed by atoms with Crippen molar-refractivity contribution in [3.8, 4) is 0 Å². The molecule has 0 aromatic carbocycles. The normalized spacial score (nSPS) is 22.1. The summed E-state index contributed by atoms with van der Waals surface area (Å²) in [6.07, 6.45) is 1.21. The molecule has 0 spiro atoms. The van der Waals surface area contributed by atoms with Gasteiger partial charge in [0.15, 0.2) is 5.54 Å². The van der Waals surface area contributed by atoms with Crippen LogP contribution in [0.4, 0.5) is 5.69 Å². The number of aliphatic carboxylic acids is 1. The largest absolute Gasteiger partial charge is 0.479 e. The van der Waals surface area contributed by atoms with Crippen LogP contribution in [0.3, 0.4) is 0 Å². The lowest BCUT2D eigenvalue weighted by molar-refractivity contribution is -0.384. The summed E-state index contributed by atoms with van der Waals surface area (Å²) in [7, 11) is 0. The van der Waals surface area contributed by atoms with Crippen molar-refractivity contribution in [2.75, 3.05) is 13.2 Å². The number of carbonyl (C=O) groups excluding carboxylic acids is 1. The van der Waals surface area contributed by atoms with Crippen LogP contribution in [0.2, 0.25) is 0 Å². The number of H-pyrrole nitrogens is 1. The summed E-state index contributed by atoms with van der Waals surface area (Å²) in [5.74, 6) is -1.92. The van der Waals surface area contributed by atoms with Gasteiger partial charge in [0.25, 0.3) is 11.6 Å². The van der Waals surface area contributed by atoms with Crippen LogP contribution in [0, 0.1) is 10.1 Å².